The minimum Gasteiger partial charge on any atom is -0.354 e. The van der Waals surface area contributed by atoms with Crippen LogP contribution < -0.4 is 10.2 Å². The standard InChI is InChI=1S/C18H24FN5/c1-3-23-8-10-24(11-9-23)17-12-14(2)21-18(22-17)20-13-15-6-4-5-7-16(15)19/h4-7,12H,3,8-11,13H2,1-2H3,(H,20,21,22). The lowest BCUT2D eigenvalue weighted by atomic mass is 10.2. The molecule has 5 nitrogen and oxygen atoms in total. The van der Waals surface area contributed by atoms with Crippen molar-refractivity contribution in [3.05, 3.63) is 47.4 Å². The Labute approximate surface area is 142 Å². The molecule has 0 saturated carbocycles. The van der Waals surface area contributed by atoms with Crippen LogP contribution >= 0.6 is 0 Å². The molecule has 3 rings (SSSR count). The van der Waals surface area contributed by atoms with Gasteiger partial charge in [-0.2, -0.15) is 4.98 Å². The van der Waals surface area contributed by atoms with E-state index in [-0.39, 0.29) is 5.82 Å². The van der Waals surface area contributed by atoms with Crippen molar-refractivity contribution >= 4 is 11.8 Å². The number of hydrogen-bond donors (Lipinski definition) is 1. The van der Waals surface area contributed by atoms with Crippen LogP contribution in [0.25, 0.3) is 0 Å². The first-order valence-electron chi connectivity index (χ1n) is 8.46. The van der Waals surface area contributed by atoms with Gasteiger partial charge in [0.15, 0.2) is 0 Å². The summed E-state index contributed by atoms with van der Waals surface area (Å²) in [5.41, 5.74) is 1.52. The zero-order valence-electron chi connectivity index (χ0n) is 14.3. The molecule has 6 heteroatoms. The van der Waals surface area contributed by atoms with Crippen molar-refractivity contribution in [2.45, 2.75) is 20.4 Å². The third kappa shape index (κ3) is 4.00. The Hall–Kier alpha value is -2.21. The zero-order chi connectivity index (χ0) is 16.9. The third-order valence-corrected chi connectivity index (χ3v) is 4.38. The Kier molecular flexibility index (Phi) is 5.25. The average Bonchev–Trinajstić information content (AvgIpc) is 2.61. The molecule has 0 radical (unpaired) electrons. The highest BCUT2D eigenvalue weighted by Gasteiger charge is 2.17. The molecule has 24 heavy (non-hydrogen) atoms. The molecule has 1 N–H and O–H groups in total. The summed E-state index contributed by atoms with van der Waals surface area (Å²) in [6, 6.07) is 8.76. The number of aryl methyl sites for hydroxylation is 1. The number of likely N-dealkylation sites (N-methyl/N-ethyl adjacent to an activating group) is 1. The minimum atomic E-state index is -0.214. The van der Waals surface area contributed by atoms with Gasteiger partial charge >= 0.3 is 0 Å². The summed E-state index contributed by atoms with van der Waals surface area (Å²) in [5, 5.41) is 3.14. The first-order valence-corrected chi connectivity index (χ1v) is 8.46. The maximum Gasteiger partial charge on any atom is 0.225 e. The highest BCUT2D eigenvalue weighted by molar-refractivity contribution is 5.45. The van der Waals surface area contributed by atoms with Crippen molar-refractivity contribution in [1.82, 2.24) is 14.9 Å². The van der Waals surface area contributed by atoms with Crippen LogP contribution in [-0.4, -0.2) is 47.6 Å². The number of rotatable bonds is 5. The molecule has 0 spiro atoms. The summed E-state index contributed by atoms with van der Waals surface area (Å²) in [6.45, 7) is 9.66. The van der Waals surface area contributed by atoms with Gasteiger partial charge in [0.25, 0.3) is 0 Å². The fraction of sp³-hybridized carbons (Fsp3) is 0.444. The Morgan fingerprint density at radius 1 is 1.12 bits per heavy atom. The van der Waals surface area contributed by atoms with Crippen molar-refractivity contribution in [1.29, 1.82) is 0 Å². The highest BCUT2D eigenvalue weighted by atomic mass is 19.1. The summed E-state index contributed by atoms with van der Waals surface area (Å²) < 4.78 is 13.7. The lowest BCUT2D eigenvalue weighted by Gasteiger charge is -2.34. The van der Waals surface area contributed by atoms with E-state index in [2.05, 4.69) is 32.0 Å². The van der Waals surface area contributed by atoms with Crippen molar-refractivity contribution < 1.29 is 4.39 Å². The number of aromatic nitrogens is 2. The molecule has 1 fully saturated rings. The van der Waals surface area contributed by atoms with Gasteiger partial charge in [-0.1, -0.05) is 25.1 Å². The summed E-state index contributed by atoms with van der Waals surface area (Å²) >= 11 is 0. The van der Waals surface area contributed by atoms with Crippen LogP contribution in [0.5, 0.6) is 0 Å². The van der Waals surface area contributed by atoms with E-state index in [1.54, 1.807) is 12.1 Å². The summed E-state index contributed by atoms with van der Waals surface area (Å²) in [7, 11) is 0. The molecule has 0 atom stereocenters. The molecule has 1 aromatic heterocycles. The fourth-order valence-electron chi connectivity index (χ4n) is 2.90. The van der Waals surface area contributed by atoms with Crippen LogP contribution in [0.1, 0.15) is 18.2 Å². The van der Waals surface area contributed by atoms with Crippen molar-refractivity contribution in [2.24, 2.45) is 0 Å². The molecule has 1 aromatic carbocycles. The van der Waals surface area contributed by atoms with Gasteiger partial charge in [0.1, 0.15) is 11.6 Å². The second-order valence-electron chi connectivity index (χ2n) is 6.06. The highest BCUT2D eigenvalue weighted by Crippen LogP contribution is 2.17. The molecule has 2 heterocycles. The Bertz CT molecular complexity index is 683. The van der Waals surface area contributed by atoms with E-state index in [1.165, 1.54) is 6.07 Å². The van der Waals surface area contributed by atoms with Crippen LogP contribution in [-0.2, 0) is 6.54 Å². The van der Waals surface area contributed by atoms with Gasteiger partial charge in [-0.25, -0.2) is 9.37 Å². The van der Waals surface area contributed by atoms with E-state index in [1.807, 2.05) is 19.1 Å². The monoisotopic (exact) mass is 329 g/mol. The van der Waals surface area contributed by atoms with Crippen LogP contribution in [0.2, 0.25) is 0 Å². The van der Waals surface area contributed by atoms with E-state index in [4.69, 9.17) is 0 Å². The molecule has 0 amide bonds. The van der Waals surface area contributed by atoms with Gasteiger partial charge < -0.3 is 15.1 Å². The molecule has 0 bridgehead atoms. The maximum absolute atomic E-state index is 13.7. The largest absolute Gasteiger partial charge is 0.354 e. The van der Waals surface area contributed by atoms with Gasteiger partial charge in [-0.05, 0) is 19.5 Å². The predicted octanol–water partition coefficient (Wildman–Crippen LogP) is 2.68. The average molecular weight is 329 g/mol. The molecule has 0 unspecified atom stereocenters. The van der Waals surface area contributed by atoms with Crippen LogP contribution in [0, 0.1) is 12.7 Å². The lowest BCUT2D eigenvalue weighted by Crippen LogP contribution is -2.46. The summed E-state index contributed by atoms with van der Waals surface area (Å²) in [6.07, 6.45) is 0. The third-order valence-electron chi connectivity index (χ3n) is 4.38. The van der Waals surface area contributed by atoms with Crippen LogP contribution in [0.15, 0.2) is 30.3 Å². The van der Waals surface area contributed by atoms with Crippen molar-refractivity contribution in [3.63, 3.8) is 0 Å². The predicted molar refractivity (Wildman–Crippen MR) is 94.8 cm³/mol. The molecule has 0 aliphatic carbocycles. The minimum absolute atomic E-state index is 0.214. The first kappa shape index (κ1) is 16.6. The van der Waals surface area contributed by atoms with E-state index < -0.39 is 0 Å². The van der Waals surface area contributed by atoms with Gasteiger partial charge in [0.05, 0.1) is 0 Å². The van der Waals surface area contributed by atoms with Gasteiger partial charge in [-0.15, -0.1) is 0 Å². The van der Waals surface area contributed by atoms with E-state index in [0.29, 0.717) is 18.1 Å². The Morgan fingerprint density at radius 2 is 1.88 bits per heavy atom. The number of hydrogen-bond acceptors (Lipinski definition) is 5. The lowest BCUT2D eigenvalue weighted by molar-refractivity contribution is 0.270. The fourth-order valence-corrected chi connectivity index (χ4v) is 2.90. The van der Waals surface area contributed by atoms with Crippen LogP contribution in [0.3, 0.4) is 0 Å². The molecule has 128 valence electrons. The SMILES string of the molecule is CCN1CCN(c2cc(C)nc(NCc3ccccc3F)n2)CC1. The summed E-state index contributed by atoms with van der Waals surface area (Å²) in [4.78, 5) is 13.8. The van der Waals surface area contributed by atoms with Crippen molar-refractivity contribution in [2.75, 3.05) is 42.9 Å². The number of benzene rings is 1. The second kappa shape index (κ2) is 7.57. The smallest absolute Gasteiger partial charge is 0.225 e. The zero-order valence-corrected chi connectivity index (χ0v) is 14.3. The van der Waals surface area contributed by atoms with E-state index in [0.717, 1.165) is 44.2 Å². The number of nitrogens with one attached hydrogen (secondary N) is 1. The number of anilines is 2. The molecular formula is C18H24FN5. The van der Waals surface area contributed by atoms with E-state index in [9.17, 15) is 4.39 Å². The normalized spacial score (nSPS) is 15.5. The second-order valence-corrected chi connectivity index (χ2v) is 6.06. The van der Waals surface area contributed by atoms with E-state index >= 15 is 0 Å². The maximum atomic E-state index is 13.7. The topological polar surface area (TPSA) is 44.3 Å². The molecular weight excluding hydrogens is 305 g/mol. The van der Waals surface area contributed by atoms with Crippen molar-refractivity contribution in [3.8, 4) is 0 Å². The molecule has 1 aliphatic rings. The quantitative estimate of drug-likeness (QED) is 0.914. The summed E-state index contributed by atoms with van der Waals surface area (Å²) in [5.74, 6) is 1.27. The number of halogens is 1. The Balaban J connectivity index is 1.69. The van der Waals surface area contributed by atoms with Crippen LogP contribution in [0.4, 0.5) is 16.2 Å². The van der Waals surface area contributed by atoms with Gasteiger partial charge in [-0.3, -0.25) is 0 Å². The molecule has 2 aromatic rings. The number of nitrogens with zero attached hydrogens (tertiary/aromatic N) is 4. The van der Waals surface area contributed by atoms with Gasteiger partial charge in [0, 0.05) is 50.0 Å². The number of piperazine rings is 1. The van der Waals surface area contributed by atoms with Gasteiger partial charge in [0.2, 0.25) is 5.95 Å². The molecule has 1 aliphatic heterocycles. The Morgan fingerprint density at radius 3 is 2.58 bits per heavy atom. The molecule has 1 saturated heterocycles. The first-order chi connectivity index (χ1) is 11.7.